The maximum absolute atomic E-state index is 9.45. The minimum Gasteiger partial charge on any atom is -0.396 e. The van der Waals surface area contributed by atoms with Crippen LogP contribution in [0.5, 0.6) is 0 Å². The van der Waals surface area contributed by atoms with E-state index in [0.29, 0.717) is 6.04 Å². The normalized spacial score (nSPS) is 18.0. The summed E-state index contributed by atoms with van der Waals surface area (Å²) in [6.45, 7) is 1.19. The van der Waals surface area contributed by atoms with Crippen molar-refractivity contribution in [2.24, 2.45) is 0 Å². The minimum atomic E-state index is 0.211. The van der Waals surface area contributed by atoms with E-state index < -0.39 is 0 Å². The van der Waals surface area contributed by atoms with Crippen LogP contribution in [0.25, 0.3) is 21.3 Å². The number of fused-ring (bicyclic) bond motifs is 1. The van der Waals surface area contributed by atoms with E-state index in [-0.39, 0.29) is 6.61 Å². The first-order valence-electron chi connectivity index (χ1n) is 8.63. The molecule has 0 bridgehead atoms. The predicted octanol–water partition coefficient (Wildman–Crippen LogP) is 4.75. The molecule has 130 valence electrons. The van der Waals surface area contributed by atoms with Gasteiger partial charge < -0.3 is 10.0 Å². The number of thiophene rings is 1. The molecule has 1 aromatic carbocycles. The summed E-state index contributed by atoms with van der Waals surface area (Å²) < 4.78 is 0. The highest BCUT2D eigenvalue weighted by Gasteiger charge is 2.26. The average molecular weight is 374 g/mol. The van der Waals surface area contributed by atoms with Crippen molar-refractivity contribution in [2.45, 2.75) is 31.7 Å². The van der Waals surface area contributed by atoms with Crippen LogP contribution in [0.2, 0.25) is 5.02 Å². The fourth-order valence-corrected chi connectivity index (χ4v) is 4.68. The molecule has 3 aromatic rings. The number of benzene rings is 1. The first-order valence-corrected chi connectivity index (χ1v) is 9.89. The van der Waals surface area contributed by atoms with E-state index in [1.54, 1.807) is 17.7 Å². The Morgan fingerprint density at radius 1 is 1.20 bits per heavy atom. The average Bonchev–Trinajstić information content (AvgIpc) is 3.07. The molecule has 0 amide bonds. The Morgan fingerprint density at radius 3 is 2.84 bits per heavy atom. The smallest absolute Gasteiger partial charge is 0.141 e. The first-order chi connectivity index (χ1) is 12.3. The molecule has 1 saturated heterocycles. The van der Waals surface area contributed by atoms with E-state index in [0.717, 1.165) is 58.0 Å². The summed E-state index contributed by atoms with van der Waals surface area (Å²) >= 11 is 7.69. The summed E-state index contributed by atoms with van der Waals surface area (Å²) in [5, 5.41) is 13.4. The topological polar surface area (TPSA) is 49.2 Å². The Balaban J connectivity index is 1.83. The number of hydrogen-bond acceptors (Lipinski definition) is 5. The van der Waals surface area contributed by atoms with Gasteiger partial charge in [0.15, 0.2) is 0 Å². The maximum Gasteiger partial charge on any atom is 0.141 e. The van der Waals surface area contributed by atoms with Crippen molar-refractivity contribution in [3.8, 4) is 11.1 Å². The molecule has 1 aliphatic heterocycles. The fraction of sp³-hybridized carbons (Fsp3) is 0.368. The highest BCUT2D eigenvalue weighted by molar-refractivity contribution is 7.17. The number of halogens is 1. The van der Waals surface area contributed by atoms with Gasteiger partial charge in [0, 0.05) is 35.2 Å². The van der Waals surface area contributed by atoms with Gasteiger partial charge >= 0.3 is 0 Å². The molecule has 4 nitrogen and oxygen atoms in total. The Labute approximate surface area is 156 Å². The SMILES string of the molecule is OCCC1CCCCN1c1ncnc2scc(-c3ccc(Cl)cc3)c12. The molecule has 25 heavy (non-hydrogen) atoms. The Bertz CT molecular complexity index is 863. The Kier molecular flexibility index (Phi) is 4.88. The molecule has 6 heteroatoms. The molecular weight excluding hydrogens is 354 g/mol. The third kappa shape index (κ3) is 3.24. The van der Waals surface area contributed by atoms with E-state index >= 15 is 0 Å². The van der Waals surface area contributed by atoms with Gasteiger partial charge in [-0.05, 0) is 43.4 Å². The molecule has 0 radical (unpaired) electrons. The van der Waals surface area contributed by atoms with Crippen molar-refractivity contribution in [2.75, 3.05) is 18.1 Å². The largest absolute Gasteiger partial charge is 0.396 e. The van der Waals surface area contributed by atoms with Crippen LogP contribution in [0.15, 0.2) is 36.0 Å². The van der Waals surface area contributed by atoms with Crippen molar-refractivity contribution in [3.63, 3.8) is 0 Å². The predicted molar refractivity (Wildman–Crippen MR) is 105 cm³/mol. The van der Waals surface area contributed by atoms with Crippen LogP contribution in [0, 0.1) is 0 Å². The lowest BCUT2D eigenvalue weighted by Crippen LogP contribution is -2.40. The second-order valence-electron chi connectivity index (χ2n) is 6.39. The van der Waals surface area contributed by atoms with Crippen molar-refractivity contribution < 1.29 is 5.11 Å². The molecule has 0 saturated carbocycles. The summed E-state index contributed by atoms with van der Waals surface area (Å²) in [4.78, 5) is 12.5. The van der Waals surface area contributed by atoms with Gasteiger partial charge in [0.2, 0.25) is 0 Å². The van der Waals surface area contributed by atoms with Crippen LogP contribution in [0.3, 0.4) is 0 Å². The fourth-order valence-electron chi connectivity index (χ4n) is 3.65. The highest BCUT2D eigenvalue weighted by Crippen LogP contribution is 2.39. The molecule has 1 aliphatic rings. The van der Waals surface area contributed by atoms with Gasteiger partial charge in [-0.25, -0.2) is 9.97 Å². The second kappa shape index (κ2) is 7.28. The lowest BCUT2D eigenvalue weighted by molar-refractivity contribution is 0.262. The number of aromatic nitrogens is 2. The van der Waals surface area contributed by atoms with Crippen molar-refractivity contribution in [3.05, 3.63) is 41.0 Å². The molecule has 3 heterocycles. The zero-order chi connectivity index (χ0) is 17.2. The van der Waals surface area contributed by atoms with Gasteiger partial charge in [0.05, 0.1) is 5.39 Å². The maximum atomic E-state index is 9.45. The highest BCUT2D eigenvalue weighted by atomic mass is 35.5. The van der Waals surface area contributed by atoms with Gasteiger partial charge in [-0.2, -0.15) is 0 Å². The van der Waals surface area contributed by atoms with Crippen LogP contribution in [-0.4, -0.2) is 34.3 Å². The first kappa shape index (κ1) is 16.8. The molecule has 2 aromatic heterocycles. The monoisotopic (exact) mass is 373 g/mol. The summed E-state index contributed by atoms with van der Waals surface area (Å²) in [5.41, 5.74) is 2.28. The van der Waals surface area contributed by atoms with Gasteiger partial charge in [0.1, 0.15) is 17.0 Å². The number of piperidine rings is 1. The zero-order valence-corrected chi connectivity index (χ0v) is 15.4. The van der Waals surface area contributed by atoms with E-state index in [9.17, 15) is 5.11 Å². The number of nitrogens with zero attached hydrogens (tertiary/aromatic N) is 3. The third-order valence-electron chi connectivity index (χ3n) is 4.87. The molecule has 4 rings (SSSR count). The van der Waals surface area contributed by atoms with Crippen molar-refractivity contribution in [1.29, 1.82) is 0 Å². The van der Waals surface area contributed by atoms with Crippen LogP contribution in [0.4, 0.5) is 5.82 Å². The summed E-state index contributed by atoms with van der Waals surface area (Å²) in [5.74, 6) is 0.995. The lowest BCUT2D eigenvalue weighted by atomic mass is 9.98. The molecule has 1 N–H and O–H groups in total. The number of rotatable bonds is 4. The molecule has 1 unspecified atom stereocenters. The van der Waals surface area contributed by atoms with Gasteiger partial charge in [0.25, 0.3) is 0 Å². The second-order valence-corrected chi connectivity index (χ2v) is 7.68. The summed E-state index contributed by atoms with van der Waals surface area (Å²) in [6.07, 6.45) is 5.92. The van der Waals surface area contributed by atoms with Crippen molar-refractivity contribution >= 4 is 39.0 Å². The van der Waals surface area contributed by atoms with Gasteiger partial charge in [-0.3, -0.25) is 0 Å². The molecule has 0 spiro atoms. The number of anilines is 1. The zero-order valence-electron chi connectivity index (χ0n) is 13.9. The van der Waals surface area contributed by atoms with Gasteiger partial charge in [-0.1, -0.05) is 23.7 Å². The standard InChI is InChI=1S/C19H20ClN3OS/c20-14-6-4-13(5-7-14)16-11-25-19-17(16)18(21-12-22-19)23-9-2-1-3-15(23)8-10-24/h4-7,11-12,15,24H,1-3,8-10H2. The Morgan fingerprint density at radius 2 is 2.04 bits per heavy atom. The summed E-state index contributed by atoms with van der Waals surface area (Å²) in [7, 11) is 0. The molecular formula is C19H20ClN3OS. The van der Waals surface area contributed by atoms with Crippen molar-refractivity contribution in [1.82, 2.24) is 9.97 Å². The lowest BCUT2D eigenvalue weighted by Gasteiger charge is -2.37. The quantitative estimate of drug-likeness (QED) is 0.716. The van der Waals surface area contributed by atoms with Crippen LogP contribution in [0.1, 0.15) is 25.7 Å². The molecule has 0 aliphatic carbocycles. The number of aliphatic hydroxyl groups is 1. The van der Waals surface area contributed by atoms with E-state index in [2.05, 4.69) is 20.2 Å². The van der Waals surface area contributed by atoms with E-state index in [4.69, 9.17) is 11.6 Å². The minimum absolute atomic E-state index is 0.211. The molecule has 1 atom stereocenters. The molecule has 1 fully saturated rings. The number of aliphatic hydroxyl groups excluding tert-OH is 1. The summed E-state index contributed by atoms with van der Waals surface area (Å²) in [6, 6.07) is 8.26. The Hall–Kier alpha value is -1.69. The van der Waals surface area contributed by atoms with Gasteiger partial charge in [-0.15, -0.1) is 11.3 Å². The van der Waals surface area contributed by atoms with Crippen LogP contribution >= 0.6 is 22.9 Å². The van der Waals surface area contributed by atoms with Crippen LogP contribution in [-0.2, 0) is 0 Å². The third-order valence-corrected chi connectivity index (χ3v) is 6.01. The van der Waals surface area contributed by atoms with E-state index in [1.165, 1.54) is 6.42 Å². The number of hydrogen-bond donors (Lipinski definition) is 1. The van der Waals surface area contributed by atoms with Crippen LogP contribution < -0.4 is 4.90 Å². The van der Waals surface area contributed by atoms with E-state index in [1.807, 2.05) is 24.3 Å².